The molecule has 158 valence electrons. The molecule has 0 saturated heterocycles. The number of non-ortho nitro benzene ring substituents is 2. The highest BCUT2D eigenvalue weighted by Gasteiger charge is 2.17. The van der Waals surface area contributed by atoms with Gasteiger partial charge in [-0.25, -0.2) is 0 Å². The first-order valence-corrected chi connectivity index (χ1v) is 9.21. The molecule has 1 atom stereocenters. The number of nitrogens with zero attached hydrogens (tertiary/aromatic N) is 3. The van der Waals surface area contributed by atoms with Crippen molar-refractivity contribution in [1.29, 1.82) is 0 Å². The molecular weight excluding hydrogens is 426 g/mol. The van der Waals surface area contributed by atoms with Gasteiger partial charge in [0.15, 0.2) is 0 Å². The van der Waals surface area contributed by atoms with Crippen molar-refractivity contribution in [3.8, 4) is 0 Å². The van der Waals surface area contributed by atoms with Gasteiger partial charge in [0.1, 0.15) is 0 Å². The maximum Gasteiger partial charge on any atom is 0.311 e. The molecule has 3 aromatic rings. The molecule has 10 heteroatoms. The zero-order valence-electron chi connectivity index (χ0n) is 15.9. The molecule has 0 fully saturated rings. The monoisotopic (exact) mass is 441 g/mol. The third-order valence-electron chi connectivity index (χ3n) is 3.94. The summed E-state index contributed by atoms with van der Waals surface area (Å²) in [6.07, 6.45) is 3.57. The van der Waals surface area contributed by atoms with E-state index in [0.29, 0.717) is 5.56 Å². The summed E-state index contributed by atoms with van der Waals surface area (Å²) in [5.41, 5.74) is 1.09. The molecule has 0 amide bonds. The normalized spacial score (nSPS) is 11.3. The highest BCUT2D eigenvalue weighted by atomic mass is 35.5. The number of benzene rings is 3. The van der Waals surface area contributed by atoms with Crippen LogP contribution < -0.4 is 0 Å². The third kappa shape index (κ3) is 7.33. The minimum atomic E-state index is -1.13. The molecule has 3 rings (SSSR count). The summed E-state index contributed by atoms with van der Waals surface area (Å²) in [4.78, 5) is 29.8. The Bertz CT molecular complexity index is 1010. The first kappa shape index (κ1) is 23.2. The summed E-state index contributed by atoms with van der Waals surface area (Å²) >= 11 is 5.44. The molecule has 0 radical (unpaired) electrons. The molecule has 0 N–H and O–H groups in total. The van der Waals surface area contributed by atoms with Crippen LogP contribution >= 0.6 is 11.6 Å². The molecule has 0 aliphatic rings. The lowest BCUT2D eigenvalue weighted by molar-refractivity contribution is -0.503. The summed E-state index contributed by atoms with van der Waals surface area (Å²) < 4.78 is 0. The van der Waals surface area contributed by atoms with Gasteiger partial charge in [-0.15, -0.1) is 0 Å². The summed E-state index contributed by atoms with van der Waals surface area (Å²) in [7, 11) is 0. The Balaban J connectivity index is 0.000000262. The summed E-state index contributed by atoms with van der Waals surface area (Å²) in [5, 5.41) is 31.2. The molecule has 0 bridgehead atoms. The van der Waals surface area contributed by atoms with E-state index in [1.54, 1.807) is 66.7 Å². The van der Waals surface area contributed by atoms with Crippen LogP contribution in [0.5, 0.6) is 0 Å². The van der Waals surface area contributed by atoms with Gasteiger partial charge in [0, 0.05) is 34.8 Å². The van der Waals surface area contributed by atoms with Crippen LogP contribution in [0, 0.1) is 30.3 Å². The molecule has 31 heavy (non-hydrogen) atoms. The van der Waals surface area contributed by atoms with Gasteiger partial charge in [0.25, 0.3) is 11.4 Å². The van der Waals surface area contributed by atoms with Crippen LogP contribution in [0.25, 0.3) is 12.2 Å². The summed E-state index contributed by atoms with van der Waals surface area (Å²) in [5.74, 6) is 0. The Morgan fingerprint density at radius 3 is 1.35 bits per heavy atom. The van der Waals surface area contributed by atoms with E-state index >= 15 is 0 Å². The van der Waals surface area contributed by atoms with Crippen LogP contribution in [-0.2, 0) is 0 Å². The molecule has 1 unspecified atom stereocenters. The molecule has 0 aliphatic carbocycles. The van der Waals surface area contributed by atoms with Crippen molar-refractivity contribution in [2.45, 2.75) is 5.50 Å². The van der Waals surface area contributed by atoms with Crippen molar-refractivity contribution in [3.05, 3.63) is 126 Å². The number of hydrogen-bond donors (Lipinski definition) is 0. The lowest BCUT2D eigenvalue weighted by Crippen LogP contribution is -2.02. The first-order valence-electron chi connectivity index (χ1n) is 8.77. The predicted octanol–water partition coefficient (Wildman–Crippen LogP) is 5.87. The van der Waals surface area contributed by atoms with E-state index in [9.17, 15) is 30.3 Å². The van der Waals surface area contributed by atoms with Gasteiger partial charge in [0.2, 0.25) is 0 Å². The van der Waals surface area contributed by atoms with E-state index in [-0.39, 0.29) is 11.4 Å². The van der Waals surface area contributed by atoms with E-state index in [1.807, 2.05) is 0 Å². The Labute approximate surface area is 181 Å². The second-order valence-electron chi connectivity index (χ2n) is 6.06. The Morgan fingerprint density at radius 2 is 1.03 bits per heavy atom. The number of rotatable bonds is 6. The standard InChI is InChI=1S/C14H10N2O4.C7H6ClNO2/c17-15(18)13-7-3-11(4-8-13)1-2-12-5-9-14(10-6-12)16(19)20;8-7(9(10)11)6-4-2-1-3-5-6/h1-10H;1-5,7H. The van der Waals surface area contributed by atoms with Crippen LogP contribution in [0.2, 0.25) is 0 Å². The van der Waals surface area contributed by atoms with Gasteiger partial charge in [-0.2, -0.15) is 0 Å². The Morgan fingerprint density at radius 1 is 0.645 bits per heavy atom. The van der Waals surface area contributed by atoms with Crippen molar-refractivity contribution >= 4 is 35.1 Å². The second kappa shape index (κ2) is 11.2. The van der Waals surface area contributed by atoms with E-state index in [4.69, 9.17) is 11.6 Å². The van der Waals surface area contributed by atoms with Crippen molar-refractivity contribution < 1.29 is 14.8 Å². The van der Waals surface area contributed by atoms with Crippen molar-refractivity contribution in [3.63, 3.8) is 0 Å². The molecule has 9 nitrogen and oxygen atoms in total. The summed E-state index contributed by atoms with van der Waals surface area (Å²) in [6.45, 7) is 0. The van der Waals surface area contributed by atoms with Gasteiger partial charge in [-0.05, 0) is 47.0 Å². The largest absolute Gasteiger partial charge is 0.311 e. The van der Waals surface area contributed by atoms with E-state index in [2.05, 4.69) is 0 Å². The third-order valence-corrected chi connectivity index (χ3v) is 4.35. The zero-order valence-corrected chi connectivity index (χ0v) is 16.7. The highest BCUT2D eigenvalue weighted by Crippen LogP contribution is 2.19. The molecule has 0 heterocycles. The Hall–Kier alpha value is -4.11. The zero-order chi connectivity index (χ0) is 22.8. The molecule has 0 aromatic heterocycles. The van der Waals surface area contributed by atoms with Crippen molar-refractivity contribution in [2.24, 2.45) is 0 Å². The van der Waals surface area contributed by atoms with Gasteiger partial charge in [0.05, 0.1) is 9.85 Å². The fourth-order valence-electron chi connectivity index (χ4n) is 2.34. The Kier molecular flexibility index (Phi) is 8.35. The van der Waals surface area contributed by atoms with Gasteiger partial charge in [-0.1, -0.05) is 42.5 Å². The van der Waals surface area contributed by atoms with Crippen molar-refractivity contribution in [2.75, 3.05) is 0 Å². The highest BCUT2D eigenvalue weighted by molar-refractivity contribution is 6.19. The lowest BCUT2D eigenvalue weighted by Gasteiger charge is -1.99. The van der Waals surface area contributed by atoms with Crippen LogP contribution in [0.15, 0.2) is 78.9 Å². The van der Waals surface area contributed by atoms with Crippen LogP contribution in [0.4, 0.5) is 11.4 Å². The quantitative estimate of drug-likeness (QED) is 0.154. The molecule has 0 saturated carbocycles. The minimum absolute atomic E-state index is 0.0393. The van der Waals surface area contributed by atoms with Crippen molar-refractivity contribution in [1.82, 2.24) is 0 Å². The van der Waals surface area contributed by atoms with Gasteiger partial charge in [-0.3, -0.25) is 30.3 Å². The number of halogens is 1. The van der Waals surface area contributed by atoms with Crippen LogP contribution in [-0.4, -0.2) is 14.8 Å². The number of nitro groups is 3. The van der Waals surface area contributed by atoms with E-state index < -0.39 is 20.3 Å². The maximum absolute atomic E-state index is 10.5. The van der Waals surface area contributed by atoms with Gasteiger partial charge >= 0.3 is 5.50 Å². The fraction of sp³-hybridized carbons (Fsp3) is 0.0476. The smallest absolute Gasteiger partial charge is 0.263 e. The minimum Gasteiger partial charge on any atom is -0.263 e. The fourth-order valence-corrected chi connectivity index (χ4v) is 2.49. The van der Waals surface area contributed by atoms with E-state index in [0.717, 1.165) is 11.1 Å². The average molecular weight is 442 g/mol. The summed E-state index contributed by atoms with van der Waals surface area (Å²) in [6, 6.07) is 20.7. The maximum atomic E-state index is 10.5. The lowest BCUT2D eigenvalue weighted by atomic mass is 10.1. The molecule has 0 spiro atoms. The van der Waals surface area contributed by atoms with E-state index in [1.165, 1.54) is 24.3 Å². The molecule has 0 aliphatic heterocycles. The molecule has 3 aromatic carbocycles. The van der Waals surface area contributed by atoms with Crippen LogP contribution in [0.1, 0.15) is 22.2 Å². The SMILES string of the molecule is O=[N+]([O-])C(Cl)c1ccccc1.O=[N+]([O-])c1ccc(C=Cc2ccc([N+](=O)[O-])cc2)cc1. The first-order chi connectivity index (χ1) is 14.8. The number of alkyl halides is 1. The predicted molar refractivity (Wildman–Crippen MR) is 117 cm³/mol. The molecular formula is C21H16ClN3O6. The number of nitro benzene ring substituents is 2. The average Bonchev–Trinajstić information content (AvgIpc) is 2.78. The number of hydrogen-bond acceptors (Lipinski definition) is 6. The van der Waals surface area contributed by atoms with Crippen LogP contribution in [0.3, 0.4) is 0 Å². The second-order valence-corrected chi connectivity index (χ2v) is 6.48. The van der Waals surface area contributed by atoms with Gasteiger partial charge < -0.3 is 0 Å². The topological polar surface area (TPSA) is 129 Å².